The van der Waals surface area contributed by atoms with Crippen LogP contribution in [0.3, 0.4) is 0 Å². The van der Waals surface area contributed by atoms with Gasteiger partial charge < -0.3 is 5.11 Å². The van der Waals surface area contributed by atoms with Crippen molar-refractivity contribution in [2.24, 2.45) is 5.92 Å². The second-order valence-electron chi connectivity index (χ2n) is 5.51. The van der Waals surface area contributed by atoms with Gasteiger partial charge >= 0.3 is 6.18 Å². The summed E-state index contributed by atoms with van der Waals surface area (Å²) < 4.78 is 64.6. The number of aliphatic hydroxyl groups is 1. The number of hydrogen-bond donors (Lipinski definition) is 1. The Kier molecular flexibility index (Phi) is 4.84. The fraction of sp³-hybridized carbons (Fsp3) is 0.571. The van der Waals surface area contributed by atoms with E-state index in [9.17, 15) is 26.7 Å². The predicted octanol–water partition coefficient (Wildman–Crippen LogP) is 2.49. The molecule has 1 saturated heterocycles. The second-order valence-corrected chi connectivity index (χ2v) is 7.40. The van der Waals surface area contributed by atoms with E-state index in [1.54, 1.807) is 0 Å². The van der Waals surface area contributed by atoms with Gasteiger partial charge in [0.25, 0.3) is 0 Å². The average Bonchev–Trinajstić information content (AvgIpc) is 2.46. The molecule has 124 valence electrons. The SMILES string of the molecule is CC1CCCN(S(=O)(=O)c2cccc(C(F)(F)F)c2)C1CO. The van der Waals surface area contributed by atoms with Crippen molar-refractivity contribution in [3.8, 4) is 0 Å². The van der Waals surface area contributed by atoms with Crippen molar-refractivity contribution >= 4 is 10.0 Å². The molecule has 0 bridgehead atoms. The maximum absolute atomic E-state index is 12.8. The Morgan fingerprint density at radius 1 is 1.36 bits per heavy atom. The molecule has 1 aromatic carbocycles. The molecule has 8 heteroatoms. The largest absolute Gasteiger partial charge is 0.416 e. The van der Waals surface area contributed by atoms with Crippen LogP contribution < -0.4 is 0 Å². The molecule has 2 rings (SSSR count). The summed E-state index contributed by atoms with van der Waals surface area (Å²) in [5, 5.41) is 9.44. The first-order valence-electron chi connectivity index (χ1n) is 6.98. The van der Waals surface area contributed by atoms with Crippen molar-refractivity contribution in [1.82, 2.24) is 4.31 Å². The monoisotopic (exact) mass is 337 g/mol. The number of hydrogen-bond acceptors (Lipinski definition) is 3. The van der Waals surface area contributed by atoms with E-state index in [1.165, 1.54) is 0 Å². The Morgan fingerprint density at radius 2 is 2.05 bits per heavy atom. The Morgan fingerprint density at radius 3 is 2.64 bits per heavy atom. The van der Waals surface area contributed by atoms with Crippen LogP contribution in [0.1, 0.15) is 25.3 Å². The Bertz CT molecular complexity index is 630. The number of aliphatic hydroxyl groups excluding tert-OH is 1. The molecule has 0 amide bonds. The lowest BCUT2D eigenvalue weighted by Crippen LogP contribution is -2.49. The third-order valence-corrected chi connectivity index (χ3v) is 5.94. The summed E-state index contributed by atoms with van der Waals surface area (Å²) in [4.78, 5) is -0.394. The van der Waals surface area contributed by atoms with E-state index in [1.807, 2.05) is 6.92 Å². The molecule has 1 aliphatic rings. The van der Waals surface area contributed by atoms with Crippen LogP contribution in [0.5, 0.6) is 0 Å². The van der Waals surface area contributed by atoms with Crippen LogP contribution >= 0.6 is 0 Å². The molecule has 1 heterocycles. The van der Waals surface area contributed by atoms with Crippen molar-refractivity contribution in [2.45, 2.75) is 36.9 Å². The summed E-state index contributed by atoms with van der Waals surface area (Å²) in [6.45, 7) is 1.68. The molecule has 2 unspecified atom stereocenters. The molecule has 0 aromatic heterocycles. The normalized spacial score (nSPS) is 24.4. The number of sulfonamides is 1. The average molecular weight is 337 g/mol. The van der Waals surface area contributed by atoms with Gasteiger partial charge in [0.05, 0.1) is 23.1 Å². The van der Waals surface area contributed by atoms with Gasteiger partial charge in [-0.3, -0.25) is 0 Å². The number of piperidine rings is 1. The van der Waals surface area contributed by atoms with Gasteiger partial charge in [-0.2, -0.15) is 17.5 Å². The lowest BCUT2D eigenvalue weighted by Gasteiger charge is -2.37. The van der Waals surface area contributed by atoms with Crippen molar-refractivity contribution in [2.75, 3.05) is 13.2 Å². The van der Waals surface area contributed by atoms with Crippen LogP contribution in [-0.2, 0) is 16.2 Å². The molecule has 1 N–H and O–H groups in total. The van der Waals surface area contributed by atoms with Gasteiger partial charge in [-0.15, -0.1) is 0 Å². The maximum atomic E-state index is 12.8. The zero-order chi connectivity index (χ0) is 16.5. The molecule has 2 atom stereocenters. The molecule has 0 spiro atoms. The lowest BCUT2D eigenvalue weighted by molar-refractivity contribution is -0.137. The smallest absolute Gasteiger partial charge is 0.395 e. The molecule has 0 radical (unpaired) electrons. The van der Waals surface area contributed by atoms with Gasteiger partial charge in [0, 0.05) is 6.54 Å². The minimum Gasteiger partial charge on any atom is -0.395 e. The molecule has 0 aliphatic carbocycles. The fourth-order valence-corrected chi connectivity index (χ4v) is 4.55. The van der Waals surface area contributed by atoms with Crippen molar-refractivity contribution in [3.05, 3.63) is 29.8 Å². The fourth-order valence-electron chi connectivity index (χ4n) is 2.75. The van der Waals surface area contributed by atoms with Crippen LogP contribution in [0.2, 0.25) is 0 Å². The number of nitrogens with zero attached hydrogens (tertiary/aromatic N) is 1. The van der Waals surface area contributed by atoms with Gasteiger partial charge in [0.1, 0.15) is 0 Å². The predicted molar refractivity (Wildman–Crippen MR) is 74.6 cm³/mol. The molecular weight excluding hydrogens is 319 g/mol. The van der Waals surface area contributed by atoms with E-state index in [0.29, 0.717) is 12.5 Å². The first kappa shape index (κ1) is 17.2. The lowest BCUT2D eigenvalue weighted by atomic mass is 9.93. The summed E-state index contributed by atoms with van der Waals surface area (Å²) in [5.74, 6) is -0.0423. The first-order chi connectivity index (χ1) is 10.2. The van der Waals surface area contributed by atoms with E-state index in [-0.39, 0.29) is 19.1 Å². The van der Waals surface area contributed by atoms with Crippen LogP contribution in [0, 0.1) is 5.92 Å². The summed E-state index contributed by atoms with van der Waals surface area (Å²) >= 11 is 0. The van der Waals surface area contributed by atoms with Crippen molar-refractivity contribution in [1.29, 1.82) is 0 Å². The van der Waals surface area contributed by atoms with E-state index >= 15 is 0 Å². The topological polar surface area (TPSA) is 57.6 Å². The number of alkyl halides is 3. The molecule has 22 heavy (non-hydrogen) atoms. The van der Waals surface area contributed by atoms with E-state index in [4.69, 9.17) is 0 Å². The molecule has 1 aromatic rings. The molecule has 4 nitrogen and oxygen atoms in total. The minimum absolute atomic E-state index is 0.0423. The zero-order valence-electron chi connectivity index (χ0n) is 12.0. The van der Waals surface area contributed by atoms with Crippen LogP contribution in [0.4, 0.5) is 13.2 Å². The van der Waals surface area contributed by atoms with Gasteiger partial charge in [0.2, 0.25) is 10.0 Å². The molecular formula is C14H18F3NO3S. The van der Waals surface area contributed by atoms with Crippen LogP contribution in [-0.4, -0.2) is 37.0 Å². The Balaban J connectivity index is 2.42. The van der Waals surface area contributed by atoms with Crippen molar-refractivity contribution < 1.29 is 26.7 Å². The summed E-state index contributed by atoms with van der Waals surface area (Å²) in [7, 11) is -4.07. The third kappa shape index (κ3) is 3.28. The Hall–Kier alpha value is -1.12. The minimum atomic E-state index is -4.60. The highest BCUT2D eigenvalue weighted by Crippen LogP contribution is 2.33. The van der Waals surface area contributed by atoms with Gasteiger partial charge in [-0.05, 0) is 37.0 Å². The standard InChI is InChI=1S/C14H18F3NO3S/c1-10-4-3-7-18(13(10)9-19)22(20,21)12-6-2-5-11(8-12)14(15,16)17/h2,5-6,8,10,13,19H,3-4,7,9H2,1H3. The Labute approximate surface area is 127 Å². The highest BCUT2D eigenvalue weighted by atomic mass is 32.2. The van der Waals surface area contributed by atoms with E-state index in [2.05, 4.69) is 0 Å². The third-order valence-electron chi connectivity index (χ3n) is 4.02. The van der Waals surface area contributed by atoms with Crippen LogP contribution in [0.15, 0.2) is 29.2 Å². The second kappa shape index (κ2) is 6.17. The van der Waals surface area contributed by atoms with E-state index in [0.717, 1.165) is 28.9 Å². The highest BCUT2D eigenvalue weighted by molar-refractivity contribution is 7.89. The highest BCUT2D eigenvalue weighted by Gasteiger charge is 2.38. The number of benzene rings is 1. The van der Waals surface area contributed by atoms with E-state index < -0.39 is 32.7 Å². The first-order valence-corrected chi connectivity index (χ1v) is 8.42. The van der Waals surface area contributed by atoms with Gasteiger partial charge in [-0.1, -0.05) is 13.0 Å². The van der Waals surface area contributed by atoms with Gasteiger partial charge in [-0.25, -0.2) is 8.42 Å². The zero-order valence-corrected chi connectivity index (χ0v) is 12.9. The summed E-state index contributed by atoms with van der Waals surface area (Å²) in [6.07, 6.45) is -3.20. The molecule has 0 saturated carbocycles. The quantitative estimate of drug-likeness (QED) is 0.922. The molecule has 1 fully saturated rings. The van der Waals surface area contributed by atoms with Crippen LogP contribution in [0.25, 0.3) is 0 Å². The van der Waals surface area contributed by atoms with Crippen molar-refractivity contribution in [3.63, 3.8) is 0 Å². The number of rotatable bonds is 3. The maximum Gasteiger partial charge on any atom is 0.416 e. The van der Waals surface area contributed by atoms with Gasteiger partial charge in [0.15, 0.2) is 0 Å². The summed E-state index contributed by atoms with van der Waals surface area (Å²) in [6, 6.07) is 3.10. The number of halogens is 3. The molecule has 1 aliphatic heterocycles. The summed E-state index contributed by atoms with van der Waals surface area (Å²) in [5.41, 5.74) is -1.00.